The number of amides is 1. The Morgan fingerprint density at radius 2 is 1.78 bits per heavy atom. The van der Waals surface area contributed by atoms with Gasteiger partial charge in [-0.1, -0.05) is 18.2 Å². The predicted molar refractivity (Wildman–Crippen MR) is 61.7 cm³/mol. The fourth-order valence-electron chi connectivity index (χ4n) is 1.46. The molecule has 0 fully saturated rings. The summed E-state index contributed by atoms with van der Waals surface area (Å²) in [4.78, 5) is 11.6. The maximum atomic E-state index is 13.3. The molecule has 0 spiro atoms. The van der Waals surface area contributed by atoms with Crippen LogP contribution in [0.4, 0.5) is 10.1 Å². The van der Waals surface area contributed by atoms with Crippen LogP contribution in [0.25, 0.3) is 0 Å². The number of anilines is 1. The molecule has 0 saturated carbocycles. The Kier molecular flexibility index (Phi) is 5.27. The zero-order valence-corrected chi connectivity index (χ0v) is 10.3. The van der Waals surface area contributed by atoms with Gasteiger partial charge in [0.2, 0.25) is 6.54 Å². The topological polar surface area (TPSA) is 33.0 Å². The van der Waals surface area contributed by atoms with Gasteiger partial charge < -0.3 is 17.7 Å². The summed E-state index contributed by atoms with van der Waals surface area (Å²) in [6, 6.07) is 11.6. The van der Waals surface area contributed by atoms with Gasteiger partial charge in [0.05, 0.1) is 5.69 Å². The summed E-state index contributed by atoms with van der Waals surface area (Å²) in [5.74, 6) is -0.690. The van der Waals surface area contributed by atoms with E-state index in [0.29, 0.717) is 0 Å². The van der Waals surface area contributed by atoms with Crippen LogP contribution in [0, 0.1) is 5.82 Å². The van der Waals surface area contributed by atoms with Crippen molar-refractivity contribution in [2.45, 2.75) is 6.54 Å². The van der Waals surface area contributed by atoms with E-state index < -0.39 is 5.82 Å². The summed E-state index contributed by atoms with van der Waals surface area (Å²) in [7, 11) is 0. The van der Waals surface area contributed by atoms with Crippen LogP contribution in [0.2, 0.25) is 0 Å². The molecule has 1 amide bonds. The minimum Gasteiger partial charge on any atom is -1.00 e. The molecule has 5 heteroatoms. The highest BCUT2D eigenvalue weighted by atomic mass is 35.5. The maximum Gasteiger partial charge on any atom is 0.290 e. The third-order valence-electron chi connectivity index (χ3n) is 2.25. The van der Waals surface area contributed by atoms with E-state index in [9.17, 15) is 9.18 Å². The molecule has 0 unspecified atom stereocenters. The number of pyridine rings is 1. The van der Waals surface area contributed by atoms with Crippen LogP contribution in [0.1, 0.15) is 0 Å². The van der Waals surface area contributed by atoms with Crippen molar-refractivity contribution in [2.24, 2.45) is 0 Å². The molecular weight excluding hydrogens is 255 g/mol. The Labute approximate surface area is 111 Å². The molecule has 1 heterocycles. The summed E-state index contributed by atoms with van der Waals surface area (Å²) in [5.41, 5.74) is 0.203. The molecule has 0 radical (unpaired) electrons. The second-order valence-electron chi connectivity index (χ2n) is 3.58. The van der Waals surface area contributed by atoms with E-state index in [2.05, 4.69) is 5.32 Å². The fourth-order valence-corrected chi connectivity index (χ4v) is 1.46. The number of hydrogen-bond donors (Lipinski definition) is 1. The number of halogens is 2. The zero-order valence-electron chi connectivity index (χ0n) is 9.51. The number of carbonyl (C=O) groups excluding carboxylic acids is 1. The highest BCUT2D eigenvalue weighted by molar-refractivity contribution is 5.89. The van der Waals surface area contributed by atoms with Gasteiger partial charge in [0.25, 0.3) is 5.91 Å². The third kappa shape index (κ3) is 3.82. The lowest BCUT2D eigenvalue weighted by Crippen LogP contribution is -3.00. The number of benzene rings is 1. The Hall–Kier alpha value is -1.94. The van der Waals surface area contributed by atoms with Crippen molar-refractivity contribution < 1.29 is 26.2 Å². The van der Waals surface area contributed by atoms with Crippen molar-refractivity contribution >= 4 is 11.6 Å². The third-order valence-corrected chi connectivity index (χ3v) is 2.25. The highest BCUT2D eigenvalue weighted by Crippen LogP contribution is 2.11. The van der Waals surface area contributed by atoms with E-state index in [1.807, 2.05) is 18.2 Å². The van der Waals surface area contributed by atoms with E-state index in [1.54, 1.807) is 29.1 Å². The Balaban J connectivity index is 0.00000162. The van der Waals surface area contributed by atoms with E-state index >= 15 is 0 Å². The van der Waals surface area contributed by atoms with Crippen molar-refractivity contribution in [3.8, 4) is 0 Å². The summed E-state index contributed by atoms with van der Waals surface area (Å²) in [6.07, 6.45) is 3.56. The lowest BCUT2D eigenvalue weighted by Gasteiger charge is -2.03. The minimum absolute atomic E-state index is 0. The molecule has 0 bridgehead atoms. The summed E-state index contributed by atoms with van der Waals surface area (Å²) in [5, 5.41) is 2.52. The van der Waals surface area contributed by atoms with E-state index in [1.165, 1.54) is 12.1 Å². The monoisotopic (exact) mass is 266 g/mol. The molecule has 0 saturated heterocycles. The van der Waals surface area contributed by atoms with Crippen molar-refractivity contribution in [1.82, 2.24) is 0 Å². The standard InChI is InChI=1S/C13H11FN2O.ClH/c14-11-6-2-3-7-12(11)15-13(17)10-16-8-4-1-5-9-16;/h1-9H,10H2;1H. The maximum absolute atomic E-state index is 13.3. The molecule has 0 aliphatic carbocycles. The smallest absolute Gasteiger partial charge is 0.290 e. The predicted octanol–water partition coefficient (Wildman–Crippen LogP) is -1.24. The molecule has 18 heavy (non-hydrogen) atoms. The van der Waals surface area contributed by atoms with Gasteiger partial charge in [-0.15, -0.1) is 0 Å². The summed E-state index contributed by atoms with van der Waals surface area (Å²) in [6.45, 7) is 0.162. The molecule has 1 aromatic heterocycles. The van der Waals surface area contributed by atoms with Gasteiger partial charge in [-0.05, 0) is 12.1 Å². The van der Waals surface area contributed by atoms with E-state index in [4.69, 9.17) is 0 Å². The Morgan fingerprint density at radius 3 is 2.44 bits per heavy atom. The van der Waals surface area contributed by atoms with Crippen LogP contribution in [0.15, 0.2) is 54.9 Å². The van der Waals surface area contributed by atoms with Gasteiger partial charge in [0, 0.05) is 12.1 Å². The lowest BCUT2D eigenvalue weighted by molar-refractivity contribution is -0.684. The van der Waals surface area contributed by atoms with E-state index in [0.717, 1.165) is 0 Å². The van der Waals surface area contributed by atoms with Crippen LogP contribution in [0.5, 0.6) is 0 Å². The summed E-state index contributed by atoms with van der Waals surface area (Å²) < 4.78 is 15.0. The van der Waals surface area contributed by atoms with Gasteiger partial charge in [-0.25, -0.2) is 4.39 Å². The first-order valence-corrected chi connectivity index (χ1v) is 5.24. The van der Waals surface area contributed by atoms with Gasteiger partial charge in [0.1, 0.15) is 5.82 Å². The molecule has 1 aromatic carbocycles. The van der Waals surface area contributed by atoms with Gasteiger partial charge in [-0.3, -0.25) is 4.79 Å². The van der Waals surface area contributed by atoms with Crippen LogP contribution >= 0.6 is 0 Å². The Morgan fingerprint density at radius 1 is 1.11 bits per heavy atom. The van der Waals surface area contributed by atoms with Crippen LogP contribution < -0.4 is 22.3 Å². The molecule has 0 aliphatic heterocycles. The first kappa shape index (κ1) is 14.1. The first-order chi connectivity index (χ1) is 8.25. The molecular formula is C13H12ClFN2O. The van der Waals surface area contributed by atoms with E-state index in [-0.39, 0.29) is 30.5 Å². The number of carbonyl (C=O) groups is 1. The summed E-state index contributed by atoms with van der Waals surface area (Å²) >= 11 is 0. The fraction of sp³-hybridized carbons (Fsp3) is 0.0769. The van der Waals surface area contributed by atoms with Crippen molar-refractivity contribution in [3.63, 3.8) is 0 Å². The van der Waals surface area contributed by atoms with Crippen molar-refractivity contribution in [2.75, 3.05) is 5.32 Å². The molecule has 2 aromatic rings. The largest absolute Gasteiger partial charge is 1.00 e. The molecule has 2 rings (SSSR count). The van der Waals surface area contributed by atoms with Gasteiger partial charge in [0.15, 0.2) is 12.4 Å². The number of para-hydroxylation sites is 1. The second-order valence-corrected chi connectivity index (χ2v) is 3.58. The first-order valence-electron chi connectivity index (χ1n) is 5.24. The Bertz CT molecular complexity index is 519. The van der Waals surface area contributed by atoms with Crippen LogP contribution in [-0.4, -0.2) is 5.91 Å². The van der Waals surface area contributed by atoms with Gasteiger partial charge >= 0.3 is 0 Å². The lowest BCUT2D eigenvalue weighted by atomic mass is 10.3. The SMILES string of the molecule is O=C(C[n+]1ccccc1)Nc1ccccc1F.[Cl-]. The molecule has 0 aliphatic rings. The number of nitrogens with one attached hydrogen (secondary N) is 1. The average Bonchev–Trinajstić information content (AvgIpc) is 2.33. The zero-order chi connectivity index (χ0) is 12.1. The van der Waals surface area contributed by atoms with Crippen LogP contribution in [-0.2, 0) is 11.3 Å². The van der Waals surface area contributed by atoms with Crippen molar-refractivity contribution in [1.29, 1.82) is 0 Å². The quantitative estimate of drug-likeness (QED) is 0.693. The highest BCUT2D eigenvalue weighted by Gasteiger charge is 2.10. The molecule has 1 N–H and O–H groups in total. The molecule has 94 valence electrons. The number of nitrogens with zero attached hydrogens (tertiary/aromatic N) is 1. The normalized spacial score (nSPS) is 9.39. The minimum atomic E-state index is -0.432. The average molecular weight is 267 g/mol. The molecule has 3 nitrogen and oxygen atoms in total. The second kappa shape index (κ2) is 6.71. The van der Waals surface area contributed by atoms with Gasteiger partial charge in [-0.2, -0.15) is 4.57 Å². The number of hydrogen-bond acceptors (Lipinski definition) is 1. The van der Waals surface area contributed by atoms with Crippen LogP contribution in [0.3, 0.4) is 0 Å². The number of aromatic nitrogens is 1. The van der Waals surface area contributed by atoms with Crippen molar-refractivity contribution in [3.05, 3.63) is 60.7 Å². The number of rotatable bonds is 3. The molecule has 0 atom stereocenters.